The van der Waals surface area contributed by atoms with E-state index in [9.17, 15) is 4.79 Å². The fourth-order valence-electron chi connectivity index (χ4n) is 1.51. The van der Waals surface area contributed by atoms with Crippen LogP contribution in [-0.2, 0) is 4.79 Å². The quantitative estimate of drug-likeness (QED) is 0.621. The molecule has 0 spiro atoms. The normalized spacial score (nSPS) is 25.8. The zero-order valence-corrected chi connectivity index (χ0v) is 6.92. The molecule has 3 nitrogen and oxygen atoms in total. The fraction of sp³-hybridized carbons (Fsp3) is 0.875. The summed E-state index contributed by atoms with van der Waals surface area (Å²) in [5.41, 5.74) is 0. The molecule has 1 N–H and O–H groups in total. The van der Waals surface area contributed by atoms with Gasteiger partial charge in [-0.3, -0.25) is 4.79 Å². The zero-order valence-electron chi connectivity index (χ0n) is 6.92. The topological polar surface area (TPSA) is 40.5 Å². The predicted molar refractivity (Wildman–Crippen MR) is 42.3 cm³/mol. The smallest absolute Gasteiger partial charge is 0.134 e. The maximum atomic E-state index is 10.9. The van der Waals surface area contributed by atoms with Crippen LogP contribution in [0.25, 0.3) is 0 Å². The van der Waals surface area contributed by atoms with Gasteiger partial charge in [0.25, 0.3) is 0 Å². The first-order chi connectivity index (χ1) is 5.24. The molecule has 0 bridgehead atoms. The van der Waals surface area contributed by atoms with Gasteiger partial charge in [0, 0.05) is 19.0 Å². The van der Waals surface area contributed by atoms with Crippen molar-refractivity contribution in [3.63, 3.8) is 0 Å². The summed E-state index contributed by atoms with van der Waals surface area (Å²) < 4.78 is 0. The van der Waals surface area contributed by atoms with Crippen LogP contribution in [0.2, 0.25) is 0 Å². The predicted octanol–water partition coefficient (Wildman–Crippen LogP) is -0.110. The van der Waals surface area contributed by atoms with E-state index in [1.807, 2.05) is 0 Å². The number of Topliss-reactive ketones (excluding diaryl/α,β-unsaturated/α-hetero) is 1. The van der Waals surface area contributed by atoms with E-state index in [-0.39, 0.29) is 18.3 Å². The van der Waals surface area contributed by atoms with Crippen LogP contribution < -0.4 is 0 Å². The van der Waals surface area contributed by atoms with Gasteiger partial charge >= 0.3 is 0 Å². The Balaban J connectivity index is 2.29. The van der Waals surface area contributed by atoms with Crippen LogP contribution in [-0.4, -0.2) is 42.0 Å². The summed E-state index contributed by atoms with van der Waals surface area (Å²) in [4.78, 5) is 13.0. The summed E-state index contributed by atoms with van der Waals surface area (Å²) >= 11 is 0. The molecule has 0 unspecified atom stereocenters. The molecule has 1 aliphatic heterocycles. The van der Waals surface area contributed by atoms with Gasteiger partial charge in [0.2, 0.25) is 0 Å². The average molecular weight is 157 g/mol. The molecule has 0 saturated carbocycles. The van der Waals surface area contributed by atoms with Crippen molar-refractivity contribution in [1.29, 1.82) is 0 Å². The van der Waals surface area contributed by atoms with Crippen LogP contribution >= 0.6 is 0 Å². The molecular formula is C8H15NO2. The number of likely N-dealkylation sites (tertiary alicyclic amines) is 1. The van der Waals surface area contributed by atoms with E-state index in [4.69, 9.17) is 5.11 Å². The van der Waals surface area contributed by atoms with E-state index in [1.54, 1.807) is 6.92 Å². The number of carbonyl (C=O) groups excluding carboxylic acids is 1. The first kappa shape index (κ1) is 8.68. The minimum atomic E-state index is 0.199. The third-order valence-electron chi connectivity index (χ3n) is 2.26. The molecule has 64 valence electrons. The molecule has 0 radical (unpaired) electrons. The maximum absolute atomic E-state index is 10.9. The standard InChI is InChI=1S/C8H15NO2/c1-7(11)8-2-3-9(6-8)4-5-10/h8,10H,2-6H2,1H3/t8-/m1/s1. The lowest BCUT2D eigenvalue weighted by Gasteiger charge is -2.12. The molecule has 0 aliphatic carbocycles. The van der Waals surface area contributed by atoms with E-state index in [2.05, 4.69) is 4.90 Å². The molecule has 1 rings (SSSR count). The van der Waals surface area contributed by atoms with Crippen molar-refractivity contribution in [1.82, 2.24) is 4.90 Å². The Morgan fingerprint density at radius 1 is 1.73 bits per heavy atom. The zero-order chi connectivity index (χ0) is 8.27. The van der Waals surface area contributed by atoms with Crippen LogP contribution in [0.1, 0.15) is 13.3 Å². The van der Waals surface area contributed by atoms with E-state index in [0.717, 1.165) is 19.5 Å². The van der Waals surface area contributed by atoms with Crippen molar-refractivity contribution in [3.05, 3.63) is 0 Å². The SMILES string of the molecule is CC(=O)[C@@H]1CCN(CCO)C1. The Morgan fingerprint density at radius 2 is 2.45 bits per heavy atom. The first-order valence-electron chi connectivity index (χ1n) is 4.07. The molecule has 0 amide bonds. The van der Waals surface area contributed by atoms with Crippen molar-refractivity contribution in [2.24, 2.45) is 5.92 Å². The number of nitrogens with zero attached hydrogens (tertiary/aromatic N) is 1. The van der Waals surface area contributed by atoms with Gasteiger partial charge in [-0.1, -0.05) is 0 Å². The third kappa shape index (κ3) is 2.27. The molecule has 1 aliphatic rings. The number of rotatable bonds is 3. The Kier molecular flexibility index (Phi) is 3.02. The minimum absolute atomic E-state index is 0.199. The molecule has 3 heteroatoms. The number of ketones is 1. The second-order valence-electron chi connectivity index (χ2n) is 3.12. The van der Waals surface area contributed by atoms with E-state index >= 15 is 0 Å². The molecule has 1 saturated heterocycles. The van der Waals surface area contributed by atoms with E-state index in [1.165, 1.54) is 0 Å². The average Bonchev–Trinajstić information content (AvgIpc) is 2.37. The van der Waals surface area contributed by atoms with Crippen molar-refractivity contribution in [3.8, 4) is 0 Å². The van der Waals surface area contributed by atoms with Gasteiger partial charge in [0.1, 0.15) is 5.78 Å². The highest BCUT2D eigenvalue weighted by Crippen LogP contribution is 2.15. The van der Waals surface area contributed by atoms with Crippen molar-refractivity contribution >= 4 is 5.78 Å². The Morgan fingerprint density at radius 3 is 2.91 bits per heavy atom. The largest absolute Gasteiger partial charge is 0.395 e. The second kappa shape index (κ2) is 3.83. The number of β-amino-alcohol motifs (C(OH)–C–C–N with tert-alkyl or cyclic N) is 1. The lowest BCUT2D eigenvalue weighted by atomic mass is 10.1. The number of hydrogen-bond acceptors (Lipinski definition) is 3. The summed E-state index contributed by atoms with van der Waals surface area (Å²) in [5, 5.41) is 8.62. The fourth-order valence-corrected chi connectivity index (χ4v) is 1.51. The highest BCUT2D eigenvalue weighted by atomic mass is 16.3. The molecule has 0 aromatic rings. The van der Waals surface area contributed by atoms with Crippen molar-refractivity contribution in [2.75, 3.05) is 26.2 Å². The van der Waals surface area contributed by atoms with Gasteiger partial charge in [0.05, 0.1) is 6.61 Å². The van der Waals surface area contributed by atoms with Gasteiger partial charge in [-0.05, 0) is 19.9 Å². The van der Waals surface area contributed by atoms with Crippen molar-refractivity contribution < 1.29 is 9.90 Å². The summed E-state index contributed by atoms with van der Waals surface area (Å²) in [6.45, 7) is 4.36. The van der Waals surface area contributed by atoms with Crippen LogP contribution in [0, 0.1) is 5.92 Å². The minimum Gasteiger partial charge on any atom is -0.395 e. The summed E-state index contributed by atoms with van der Waals surface area (Å²) in [6, 6.07) is 0. The Hall–Kier alpha value is -0.410. The van der Waals surface area contributed by atoms with Crippen LogP contribution in [0.3, 0.4) is 0 Å². The van der Waals surface area contributed by atoms with Crippen molar-refractivity contribution in [2.45, 2.75) is 13.3 Å². The molecule has 11 heavy (non-hydrogen) atoms. The highest BCUT2D eigenvalue weighted by molar-refractivity contribution is 5.78. The summed E-state index contributed by atoms with van der Waals surface area (Å²) in [7, 11) is 0. The van der Waals surface area contributed by atoms with E-state index in [0.29, 0.717) is 6.54 Å². The first-order valence-corrected chi connectivity index (χ1v) is 4.07. The van der Waals surface area contributed by atoms with E-state index < -0.39 is 0 Å². The third-order valence-corrected chi connectivity index (χ3v) is 2.26. The molecule has 0 aromatic heterocycles. The number of aliphatic hydroxyl groups excluding tert-OH is 1. The van der Waals surface area contributed by atoms with Gasteiger partial charge in [-0.25, -0.2) is 0 Å². The Bertz CT molecular complexity index is 147. The Labute approximate surface area is 67.0 Å². The summed E-state index contributed by atoms with van der Waals surface area (Å²) in [5.74, 6) is 0.506. The number of carbonyl (C=O) groups is 1. The lowest BCUT2D eigenvalue weighted by Crippen LogP contribution is -2.25. The van der Waals surface area contributed by atoms with Gasteiger partial charge in [-0.15, -0.1) is 0 Å². The number of aliphatic hydroxyl groups is 1. The monoisotopic (exact) mass is 157 g/mol. The highest BCUT2D eigenvalue weighted by Gasteiger charge is 2.24. The van der Waals surface area contributed by atoms with Crippen LogP contribution in [0.5, 0.6) is 0 Å². The van der Waals surface area contributed by atoms with Gasteiger partial charge in [0.15, 0.2) is 0 Å². The van der Waals surface area contributed by atoms with Crippen LogP contribution in [0.15, 0.2) is 0 Å². The molecular weight excluding hydrogens is 142 g/mol. The van der Waals surface area contributed by atoms with Gasteiger partial charge < -0.3 is 10.0 Å². The second-order valence-corrected chi connectivity index (χ2v) is 3.12. The molecule has 0 aromatic carbocycles. The lowest BCUT2D eigenvalue weighted by molar-refractivity contribution is -0.120. The number of hydrogen-bond donors (Lipinski definition) is 1. The summed E-state index contributed by atoms with van der Waals surface area (Å²) in [6.07, 6.45) is 0.968. The van der Waals surface area contributed by atoms with Crippen LogP contribution in [0.4, 0.5) is 0 Å². The van der Waals surface area contributed by atoms with Gasteiger partial charge in [-0.2, -0.15) is 0 Å². The molecule has 1 fully saturated rings. The molecule has 1 atom stereocenters. The molecule has 1 heterocycles. The maximum Gasteiger partial charge on any atom is 0.134 e.